The Morgan fingerprint density at radius 3 is 2.68 bits per heavy atom. The van der Waals surface area contributed by atoms with Crippen LogP contribution in [0.15, 0.2) is 36.5 Å². The first-order valence-corrected chi connectivity index (χ1v) is 6.93. The fraction of sp³-hybridized carbons (Fsp3) is 0.267. The molecule has 0 radical (unpaired) electrons. The Hall–Kier alpha value is -2.83. The Morgan fingerprint density at radius 2 is 2.00 bits per heavy atom. The SMILES string of the molecule is Nc1c(C(=O)NCCCC(=O)O)cnn1Cc1ccccc1. The Balaban J connectivity index is 1.95. The largest absolute Gasteiger partial charge is 0.481 e. The van der Waals surface area contributed by atoms with Crippen molar-refractivity contribution in [2.45, 2.75) is 19.4 Å². The predicted molar refractivity (Wildman–Crippen MR) is 81.4 cm³/mol. The van der Waals surface area contributed by atoms with Crippen LogP contribution in [0.1, 0.15) is 28.8 Å². The third-order valence-corrected chi connectivity index (χ3v) is 3.15. The number of nitrogens with zero attached hydrogens (tertiary/aromatic N) is 2. The lowest BCUT2D eigenvalue weighted by Gasteiger charge is -2.06. The number of anilines is 1. The minimum Gasteiger partial charge on any atom is -0.481 e. The standard InChI is InChI=1S/C15H18N4O3/c16-14-12(15(22)17-8-4-7-13(20)21)9-18-19(14)10-11-5-2-1-3-6-11/h1-3,5-6,9H,4,7-8,10,16H2,(H,17,22)(H,20,21). The van der Waals surface area contributed by atoms with E-state index < -0.39 is 5.97 Å². The number of aromatic nitrogens is 2. The summed E-state index contributed by atoms with van der Waals surface area (Å²) >= 11 is 0. The van der Waals surface area contributed by atoms with Gasteiger partial charge in [-0.05, 0) is 12.0 Å². The Labute approximate surface area is 127 Å². The molecule has 0 atom stereocenters. The summed E-state index contributed by atoms with van der Waals surface area (Å²) in [5, 5.41) is 15.3. The average Bonchev–Trinajstić information content (AvgIpc) is 2.86. The quantitative estimate of drug-likeness (QED) is 0.664. The average molecular weight is 302 g/mol. The third-order valence-electron chi connectivity index (χ3n) is 3.15. The number of benzene rings is 1. The van der Waals surface area contributed by atoms with E-state index in [1.165, 1.54) is 6.20 Å². The molecule has 0 fully saturated rings. The molecule has 0 bridgehead atoms. The summed E-state index contributed by atoms with van der Waals surface area (Å²) in [6.07, 6.45) is 1.81. The number of aliphatic carboxylic acids is 1. The second-order valence-corrected chi connectivity index (χ2v) is 4.84. The number of nitrogen functional groups attached to an aromatic ring is 1. The number of hydrogen-bond donors (Lipinski definition) is 3. The van der Waals surface area contributed by atoms with Crippen molar-refractivity contribution in [3.63, 3.8) is 0 Å². The molecular formula is C15H18N4O3. The van der Waals surface area contributed by atoms with Gasteiger partial charge in [-0.25, -0.2) is 4.68 Å². The van der Waals surface area contributed by atoms with Crippen molar-refractivity contribution in [2.75, 3.05) is 12.3 Å². The molecule has 116 valence electrons. The fourth-order valence-corrected chi connectivity index (χ4v) is 1.99. The summed E-state index contributed by atoms with van der Waals surface area (Å²) in [5.41, 5.74) is 7.28. The van der Waals surface area contributed by atoms with Gasteiger partial charge in [0.05, 0.1) is 12.7 Å². The molecule has 7 heteroatoms. The first-order valence-electron chi connectivity index (χ1n) is 6.93. The number of hydrogen-bond acceptors (Lipinski definition) is 4. The lowest BCUT2D eigenvalue weighted by molar-refractivity contribution is -0.137. The molecule has 0 aliphatic carbocycles. The number of rotatable bonds is 7. The normalized spacial score (nSPS) is 10.4. The third kappa shape index (κ3) is 4.08. The zero-order valence-electron chi connectivity index (χ0n) is 12.0. The summed E-state index contributed by atoms with van der Waals surface area (Å²) < 4.78 is 1.56. The van der Waals surface area contributed by atoms with Crippen molar-refractivity contribution in [3.05, 3.63) is 47.7 Å². The van der Waals surface area contributed by atoms with E-state index in [1.807, 2.05) is 30.3 Å². The second kappa shape index (κ2) is 7.26. The second-order valence-electron chi connectivity index (χ2n) is 4.84. The summed E-state index contributed by atoms with van der Waals surface area (Å²) in [6, 6.07) is 9.67. The van der Waals surface area contributed by atoms with Crippen LogP contribution in [0.4, 0.5) is 5.82 Å². The maximum atomic E-state index is 12.0. The monoisotopic (exact) mass is 302 g/mol. The molecule has 0 aliphatic heterocycles. The highest BCUT2D eigenvalue weighted by atomic mass is 16.4. The first kappa shape index (κ1) is 15.6. The van der Waals surface area contributed by atoms with Crippen LogP contribution in [-0.2, 0) is 11.3 Å². The molecule has 0 aliphatic rings. The highest BCUT2D eigenvalue weighted by Gasteiger charge is 2.14. The van der Waals surface area contributed by atoms with Crippen LogP contribution >= 0.6 is 0 Å². The maximum Gasteiger partial charge on any atom is 0.303 e. The van der Waals surface area contributed by atoms with Crippen LogP contribution in [0.5, 0.6) is 0 Å². The molecule has 1 amide bonds. The smallest absolute Gasteiger partial charge is 0.303 e. The molecule has 22 heavy (non-hydrogen) atoms. The zero-order valence-corrected chi connectivity index (χ0v) is 12.0. The fourth-order valence-electron chi connectivity index (χ4n) is 1.99. The van der Waals surface area contributed by atoms with E-state index in [2.05, 4.69) is 10.4 Å². The summed E-state index contributed by atoms with van der Waals surface area (Å²) in [6.45, 7) is 0.771. The van der Waals surface area contributed by atoms with Crippen molar-refractivity contribution in [3.8, 4) is 0 Å². The topological polar surface area (TPSA) is 110 Å². The van der Waals surface area contributed by atoms with Gasteiger partial charge in [-0.15, -0.1) is 0 Å². The van der Waals surface area contributed by atoms with Crippen LogP contribution in [0, 0.1) is 0 Å². The van der Waals surface area contributed by atoms with Gasteiger partial charge in [0.25, 0.3) is 5.91 Å². The molecule has 0 saturated carbocycles. The predicted octanol–water partition coefficient (Wildman–Crippen LogP) is 1.11. The van der Waals surface area contributed by atoms with Gasteiger partial charge in [0.1, 0.15) is 11.4 Å². The van der Waals surface area contributed by atoms with Crippen molar-refractivity contribution in [1.29, 1.82) is 0 Å². The molecular weight excluding hydrogens is 284 g/mol. The molecule has 1 aromatic heterocycles. The molecule has 0 spiro atoms. The molecule has 7 nitrogen and oxygen atoms in total. The van der Waals surface area contributed by atoms with E-state index in [1.54, 1.807) is 4.68 Å². The minimum atomic E-state index is -0.885. The van der Waals surface area contributed by atoms with Crippen LogP contribution in [0.2, 0.25) is 0 Å². The Kier molecular flexibility index (Phi) is 5.13. The van der Waals surface area contributed by atoms with Crippen LogP contribution in [0.25, 0.3) is 0 Å². The molecule has 2 aromatic rings. The Bertz CT molecular complexity index is 652. The van der Waals surface area contributed by atoms with Gasteiger partial charge < -0.3 is 16.2 Å². The van der Waals surface area contributed by atoms with Crippen LogP contribution < -0.4 is 11.1 Å². The molecule has 4 N–H and O–H groups in total. The molecule has 2 rings (SSSR count). The van der Waals surface area contributed by atoms with Gasteiger partial charge in [-0.3, -0.25) is 9.59 Å². The van der Waals surface area contributed by atoms with E-state index in [0.717, 1.165) is 5.56 Å². The van der Waals surface area contributed by atoms with Gasteiger partial charge in [-0.2, -0.15) is 5.10 Å². The summed E-state index contributed by atoms with van der Waals surface area (Å²) in [4.78, 5) is 22.4. The highest BCUT2D eigenvalue weighted by molar-refractivity contribution is 5.98. The molecule has 0 unspecified atom stereocenters. The number of carboxylic acid groups (broad SMARTS) is 1. The van der Waals surface area contributed by atoms with E-state index in [0.29, 0.717) is 24.3 Å². The van der Waals surface area contributed by atoms with Gasteiger partial charge in [-0.1, -0.05) is 30.3 Å². The van der Waals surface area contributed by atoms with E-state index in [-0.39, 0.29) is 18.9 Å². The number of nitrogens with two attached hydrogens (primary N) is 1. The number of nitrogens with one attached hydrogen (secondary N) is 1. The Morgan fingerprint density at radius 1 is 1.27 bits per heavy atom. The van der Waals surface area contributed by atoms with E-state index in [9.17, 15) is 9.59 Å². The first-order chi connectivity index (χ1) is 10.6. The lowest BCUT2D eigenvalue weighted by atomic mass is 10.2. The van der Waals surface area contributed by atoms with E-state index >= 15 is 0 Å². The van der Waals surface area contributed by atoms with Crippen molar-refractivity contribution in [1.82, 2.24) is 15.1 Å². The number of amides is 1. The van der Waals surface area contributed by atoms with Crippen LogP contribution in [-0.4, -0.2) is 33.3 Å². The molecule has 0 saturated heterocycles. The number of carboxylic acids is 1. The van der Waals surface area contributed by atoms with Crippen molar-refractivity contribution >= 4 is 17.7 Å². The van der Waals surface area contributed by atoms with Gasteiger partial charge >= 0.3 is 5.97 Å². The molecule has 1 heterocycles. The summed E-state index contributed by atoms with van der Waals surface area (Å²) in [5.74, 6) is -0.939. The van der Waals surface area contributed by atoms with Gasteiger partial charge in [0, 0.05) is 13.0 Å². The maximum absolute atomic E-state index is 12.0. The minimum absolute atomic E-state index is 0.0169. The highest BCUT2D eigenvalue weighted by Crippen LogP contribution is 2.13. The molecule has 1 aromatic carbocycles. The lowest BCUT2D eigenvalue weighted by Crippen LogP contribution is -2.25. The zero-order chi connectivity index (χ0) is 15.9. The van der Waals surface area contributed by atoms with Crippen LogP contribution in [0.3, 0.4) is 0 Å². The number of carbonyl (C=O) groups is 2. The van der Waals surface area contributed by atoms with Gasteiger partial charge in [0.2, 0.25) is 0 Å². The summed E-state index contributed by atoms with van der Waals surface area (Å²) in [7, 11) is 0. The van der Waals surface area contributed by atoms with Crippen molar-refractivity contribution < 1.29 is 14.7 Å². The van der Waals surface area contributed by atoms with E-state index in [4.69, 9.17) is 10.8 Å². The number of carbonyl (C=O) groups excluding carboxylic acids is 1. The van der Waals surface area contributed by atoms with Crippen molar-refractivity contribution in [2.24, 2.45) is 0 Å². The van der Waals surface area contributed by atoms with Gasteiger partial charge in [0.15, 0.2) is 0 Å².